The van der Waals surface area contributed by atoms with Crippen molar-refractivity contribution in [1.82, 2.24) is 4.98 Å². The Balaban J connectivity index is 2.70. The van der Waals surface area contributed by atoms with Gasteiger partial charge in [0.2, 0.25) is 0 Å². The summed E-state index contributed by atoms with van der Waals surface area (Å²) in [7, 11) is 0. The number of carbonyl (C=O) groups excluding carboxylic acids is 1. The number of hydrogen-bond donors (Lipinski definition) is 1. The van der Waals surface area contributed by atoms with Crippen molar-refractivity contribution >= 4 is 17.6 Å². The summed E-state index contributed by atoms with van der Waals surface area (Å²) in [5, 5.41) is 0.431. The molecule has 3 nitrogen and oxygen atoms in total. The predicted octanol–water partition coefficient (Wildman–Crippen LogP) is 2.62. The number of rotatable bonds is 1. The average molecular weight is 202 g/mol. The molecule has 1 aromatic rings. The second kappa shape index (κ2) is 3.42. The number of nitrogens with one attached hydrogen (secondary N) is 1. The van der Waals surface area contributed by atoms with Crippen LogP contribution in [-0.2, 0) is 4.74 Å². The summed E-state index contributed by atoms with van der Waals surface area (Å²) in [4.78, 5) is 14.1. The first kappa shape index (κ1) is 10.1. The van der Waals surface area contributed by atoms with E-state index in [1.807, 2.05) is 20.8 Å². The van der Waals surface area contributed by atoms with Crippen LogP contribution in [0.1, 0.15) is 31.1 Å². The zero-order valence-corrected chi connectivity index (χ0v) is 8.61. The van der Waals surface area contributed by atoms with Gasteiger partial charge in [-0.05, 0) is 26.8 Å². The Morgan fingerprint density at radius 2 is 2.15 bits per heavy atom. The maximum absolute atomic E-state index is 11.4. The molecule has 4 heteroatoms. The van der Waals surface area contributed by atoms with Crippen molar-refractivity contribution in [3.8, 4) is 0 Å². The number of esters is 1. The Morgan fingerprint density at radius 3 is 2.54 bits per heavy atom. The van der Waals surface area contributed by atoms with Gasteiger partial charge < -0.3 is 9.72 Å². The number of H-pyrrole nitrogens is 1. The predicted molar refractivity (Wildman–Crippen MR) is 51.0 cm³/mol. The molecule has 0 spiro atoms. The van der Waals surface area contributed by atoms with Gasteiger partial charge in [-0.15, -0.1) is 0 Å². The highest BCUT2D eigenvalue weighted by Gasteiger charge is 2.18. The molecule has 0 aliphatic rings. The molecule has 0 aliphatic heterocycles. The Labute approximate surface area is 82.0 Å². The third kappa shape index (κ3) is 3.11. The van der Waals surface area contributed by atoms with Crippen molar-refractivity contribution in [2.75, 3.05) is 0 Å². The first-order valence-corrected chi connectivity index (χ1v) is 4.33. The van der Waals surface area contributed by atoms with Gasteiger partial charge in [-0.25, -0.2) is 4.79 Å². The fourth-order valence-electron chi connectivity index (χ4n) is 0.821. The lowest BCUT2D eigenvalue weighted by molar-refractivity contribution is 0.00698. The van der Waals surface area contributed by atoms with Gasteiger partial charge >= 0.3 is 5.97 Å². The molecule has 0 aliphatic carbocycles. The number of aromatic nitrogens is 1. The Kier molecular flexibility index (Phi) is 2.66. The molecule has 0 amide bonds. The van der Waals surface area contributed by atoms with Gasteiger partial charge in [-0.3, -0.25) is 0 Å². The highest BCUT2D eigenvalue weighted by Crippen LogP contribution is 2.14. The van der Waals surface area contributed by atoms with E-state index in [0.29, 0.717) is 10.7 Å². The second-order valence-corrected chi connectivity index (χ2v) is 4.15. The molecular weight excluding hydrogens is 190 g/mol. The van der Waals surface area contributed by atoms with E-state index in [0.717, 1.165) is 0 Å². The number of aromatic amines is 1. The lowest BCUT2D eigenvalue weighted by atomic mass is 10.2. The molecule has 1 N–H and O–H groups in total. The maximum atomic E-state index is 11.4. The normalized spacial score (nSPS) is 11.4. The van der Waals surface area contributed by atoms with Crippen molar-refractivity contribution < 1.29 is 9.53 Å². The van der Waals surface area contributed by atoms with Crippen LogP contribution >= 0.6 is 11.6 Å². The summed E-state index contributed by atoms with van der Waals surface area (Å²) < 4.78 is 5.12. The maximum Gasteiger partial charge on any atom is 0.340 e. The minimum atomic E-state index is -0.471. The lowest BCUT2D eigenvalue weighted by Gasteiger charge is -2.18. The smallest absolute Gasteiger partial charge is 0.340 e. The third-order valence-electron chi connectivity index (χ3n) is 1.28. The van der Waals surface area contributed by atoms with Crippen LogP contribution < -0.4 is 0 Å². The quantitative estimate of drug-likeness (QED) is 0.710. The van der Waals surface area contributed by atoms with E-state index in [4.69, 9.17) is 16.3 Å². The average Bonchev–Trinajstić information content (AvgIpc) is 2.31. The third-order valence-corrected chi connectivity index (χ3v) is 1.50. The first-order chi connectivity index (χ1) is 5.88. The minimum absolute atomic E-state index is 0.365. The standard InChI is InChI=1S/C9H12ClNO2/c1-9(2,3)13-8(12)6-4-7(10)11-5-6/h4-5,11H,1-3H3. The van der Waals surface area contributed by atoms with Gasteiger partial charge in [0.1, 0.15) is 10.8 Å². The van der Waals surface area contributed by atoms with Crippen molar-refractivity contribution in [3.63, 3.8) is 0 Å². The number of ether oxygens (including phenoxy) is 1. The number of carbonyl (C=O) groups is 1. The topological polar surface area (TPSA) is 42.1 Å². The summed E-state index contributed by atoms with van der Waals surface area (Å²) in [6.45, 7) is 5.46. The van der Waals surface area contributed by atoms with Gasteiger partial charge in [-0.1, -0.05) is 11.6 Å². The van der Waals surface area contributed by atoms with E-state index in [2.05, 4.69) is 4.98 Å². The fraction of sp³-hybridized carbons (Fsp3) is 0.444. The molecule has 1 rings (SSSR count). The van der Waals surface area contributed by atoms with Crippen molar-refractivity contribution in [2.24, 2.45) is 0 Å². The van der Waals surface area contributed by atoms with E-state index >= 15 is 0 Å². The first-order valence-electron chi connectivity index (χ1n) is 3.96. The molecule has 0 saturated carbocycles. The van der Waals surface area contributed by atoms with Crippen LogP contribution in [0.15, 0.2) is 12.3 Å². The van der Waals surface area contributed by atoms with Crippen LogP contribution in [-0.4, -0.2) is 16.6 Å². The molecule has 0 fully saturated rings. The van der Waals surface area contributed by atoms with Gasteiger partial charge in [0.15, 0.2) is 0 Å². The zero-order valence-electron chi connectivity index (χ0n) is 7.85. The summed E-state index contributed by atoms with van der Waals surface area (Å²) in [5.41, 5.74) is -0.0270. The van der Waals surface area contributed by atoms with Gasteiger partial charge in [0, 0.05) is 6.20 Å². The molecule has 0 bridgehead atoms. The summed E-state index contributed by atoms with van der Waals surface area (Å²) in [6, 6.07) is 1.54. The van der Waals surface area contributed by atoms with E-state index in [1.54, 1.807) is 0 Å². The molecular formula is C9H12ClNO2. The van der Waals surface area contributed by atoms with Crippen LogP contribution in [0.25, 0.3) is 0 Å². The van der Waals surface area contributed by atoms with E-state index < -0.39 is 5.60 Å². The van der Waals surface area contributed by atoms with Crippen LogP contribution in [0, 0.1) is 0 Å². The molecule has 1 heterocycles. The van der Waals surface area contributed by atoms with Gasteiger partial charge in [0.05, 0.1) is 5.56 Å². The van der Waals surface area contributed by atoms with Gasteiger partial charge in [0.25, 0.3) is 0 Å². The monoisotopic (exact) mass is 201 g/mol. The highest BCUT2D eigenvalue weighted by atomic mass is 35.5. The largest absolute Gasteiger partial charge is 0.456 e. The van der Waals surface area contributed by atoms with Gasteiger partial charge in [-0.2, -0.15) is 0 Å². The Bertz CT molecular complexity index is 312. The Hall–Kier alpha value is -0.960. The van der Waals surface area contributed by atoms with E-state index in [9.17, 15) is 4.79 Å². The summed E-state index contributed by atoms with van der Waals surface area (Å²) >= 11 is 5.61. The minimum Gasteiger partial charge on any atom is -0.456 e. The summed E-state index contributed by atoms with van der Waals surface area (Å²) in [5.74, 6) is -0.365. The molecule has 0 aromatic carbocycles. The van der Waals surface area contributed by atoms with Crippen LogP contribution in [0.2, 0.25) is 5.15 Å². The SMILES string of the molecule is CC(C)(C)OC(=O)c1c[nH]c(Cl)c1. The Morgan fingerprint density at radius 1 is 1.54 bits per heavy atom. The molecule has 0 saturated heterocycles. The van der Waals surface area contributed by atoms with Crippen LogP contribution in [0.5, 0.6) is 0 Å². The lowest BCUT2D eigenvalue weighted by Crippen LogP contribution is -2.23. The van der Waals surface area contributed by atoms with Crippen molar-refractivity contribution in [1.29, 1.82) is 0 Å². The van der Waals surface area contributed by atoms with Crippen LogP contribution in [0.3, 0.4) is 0 Å². The molecule has 13 heavy (non-hydrogen) atoms. The van der Waals surface area contributed by atoms with Crippen LogP contribution in [0.4, 0.5) is 0 Å². The number of halogens is 1. The fourth-order valence-corrected chi connectivity index (χ4v) is 0.994. The van der Waals surface area contributed by atoms with E-state index in [1.165, 1.54) is 12.3 Å². The molecule has 0 radical (unpaired) electrons. The van der Waals surface area contributed by atoms with E-state index in [-0.39, 0.29) is 5.97 Å². The van der Waals surface area contributed by atoms with Crippen molar-refractivity contribution in [2.45, 2.75) is 26.4 Å². The highest BCUT2D eigenvalue weighted by molar-refractivity contribution is 6.29. The molecule has 0 unspecified atom stereocenters. The zero-order chi connectivity index (χ0) is 10.1. The second-order valence-electron chi connectivity index (χ2n) is 3.74. The summed E-state index contributed by atoms with van der Waals surface area (Å²) in [6.07, 6.45) is 1.52. The molecule has 72 valence electrons. The molecule has 0 atom stereocenters. The molecule has 1 aromatic heterocycles. The van der Waals surface area contributed by atoms with Crippen molar-refractivity contribution in [3.05, 3.63) is 23.0 Å². The number of hydrogen-bond acceptors (Lipinski definition) is 2.